The van der Waals surface area contributed by atoms with E-state index in [0.29, 0.717) is 5.69 Å². The second-order valence-electron chi connectivity index (χ2n) is 4.87. The van der Waals surface area contributed by atoms with E-state index in [4.69, 9.17) is 5.73 Å². The summed E-state index contributed by atoms with van der Waals surface area (Å²) in [6.07, 6.45) is 0. The van der Waals surface area contributed by atoms with Gasteiger partial charge in [0.15, 0.2) is 7.14 Å². The van der Waals surface area contributed by atoms with Crippen LogP contribution < -0.4 is 21.6 Å². The van der Waals surface area contributed by atoms with E-state index in [2.05, 4.69) is 0 Å². The normalized spacial score (nSPS) is 11.2. The lowest BCUT2D eigenvalue weighted by molar-refractivity contribution is 0.592. The Morgan fingerprint density at radius 3 is 1.38 bits per heavy atom. The van der Waals surface area contributed by atoms with E-state index in [1.807, 2.05) is 72.8 Å². The Bertz CT molecular complexity index is 724. The van der Waals surface area contributed by atoms with E-state index in [9.17, 15) is 4.57 Å². The van der Waals surface area contributed by atoms with Gasteiger partial charge in [0.1, 0.15) is 0 Å². The smallest absolute Gasteiger partial charge is 0.171 e. The van der Waals surface area contributed by atoms with Crippen LogP contribution >= 0.6 is 7.14 Å². The molecule has 0 aliphatic rings. The van der Waals surface area contributed by atoms with Crippen LogP contribution in [0.15, 0.2) is 84.9 Å². The average Bonchev–Trinajstić information content (AvgIpc) is 2.56. The van der Waals surface area contributed by atoms with Gasteiger partial charge in [-0.1, -0.05) is 60.7 Å². The molecule has 0 radical (unpaired) electrons. The van der Waals surface area contributed by atoms with E-state index in [1.165, 1.54) is 0 Å². The summed E-state index contributed by atoms with van der Waals surface area (Å²) in [6, 6.07) is 26.5. The summed E-state index contributed by atoms with van der Waals surface area (Å²) in [7, 11) is -2.85. The molecule has 21 heavy (non-hydrogen) atoms. The fourth-order valence-electron chi connectivity index (χ4n) is 2.41. The Hall–Kier alpha value is -2.31. The molecule has 0 fully saturated rings. The van der Waals surface area contributed by atoms with E-state index in [-0.39, 0.29) is 0 Å². The summed E-state index contributed by atoms with van der Waals surface area (Å²) >= 11 is 0. The molecule has 0 aliphatic carbocycles. The van der Waals surface area contributed by atoms with Crippen molar-refractivity contribution in [3.05, 3.63) is 84.9 Å². The van der Waals surface area contributed by atoms with Crippen LogP contribution in [0.1, 0.15) is 0 Å². The van der Waals surface area contributed by atoms with E-state index in [1.54, 1.807) is 12.1 Å². The van der Waals surface area contributed by atoms with Gasteiger partial charge in [-0.3, -0.25) is 0 Å². The molecule has 0 spiro atoms. The first-order valence-corrected chi connectivity index (χ1v) is 8.49. The maximum absolute atomic E-state index is 13.9. The number of nitrogens with two attached hydrogens (primary N) is 1. The summed E-state index contributed by atoms with van der Waals surface area (Å²) in [4.78, 5) is 0. The molecule has 0 amide bonds. The lowest BCUT2D eigenvalue weighted by Gasteiger charge is -2.20. The molecule has 104 valence electrons. The van der Waals surface area contributed by atoms with Crippen molar-refractivity contribution in [2.75, 3.05) is 5.73 Å². The van der Waals surface area contributed by atoms with Crippen molar-refractivity contribution in [1.29, 1.82) is 0 Å². The standard InChI is InChI=1S/C18H16NOP/c19-15-11-13-18(14-12-15)21(20,16-7-3-1-4-8-16)17-9-5-2-6-10-17/h1-14H,19H2. The van der Waals surface area contributed by atoms with Gasteiger partial charge in [-0.2, -0.15) is 0 Å². The Balaban J connectivity index is 2.26. The van der Waals surface area contributed by atoms with Crippen molar-refractivity contribution in [1.82, 2.24) is 0 Å². The van der Waals surface area contributed by atoms with E-state index < -0.39 is 7.14 Å². The lowest BCUT2D eigenvalue weighted by atomic mass is 10.3. The molecule has 0 unspecified atom stereocenters. The van der Waals surface area contributed by atoms with Crippen LogP contribution in [0, 0.1) is 0 Å². The molecule has 2 nitrogen and oxygen atoms in total. The minimum absolute atomic E-state index is 0.673. The Kier molecular flexibility index (Phi) is 3.64. The molecule has 2 N–H and O–H groups in total. The number of nitrogen functional groups attached to an aromatic ring is 1. The number of hydrogen-bond acceptors (Lipinski definition) is 2. The summed E-state index contributed by atoms with van der Waals surface area (Å²) in [5.74, 6) is 0. The van der Waals surface area contributed by atoms with Gasteiger partial charge < -0.3 is 10.3 Å². The maximum atomic E-state index is 13.9. The van der Waals surface area contributed by atoms with Crippen LogP contribution in [0.25, 0.3) is 0 Å². The zero-order valence-electron chi connectivity index (χ0n) is 11.5. The van der Waals surface area contributed by atoms with Gasteiger partial charge >= 0.3 is 0 Å². The van der Waals surface area contributed by atoms with Gasteiger partial charge in [0.05, 0.1) is 0 Å². The number of anilines is 1. The first-order valence-electron chi connectivity index (χ1n) is 6.78. The molecule has 0 heterocycles. The predicted octanol–water partition coefficient (Wildman–Crippen LogP) is 2.91. The number of rotatable bonds is 3. The van der Waals surface area contributed by atoms with Crippen molar-refractivity contribution >= 4 is 28.7 Å². The zero-order valence-corrected chi connectivity index (χ0v) is 12.4. The van der Waals surface area contributed by atoms with Crippen LogP contribution in [0.3, 0.4) is 0 Å². The molecule has 0 aromatic heterocycles. The summed E-state index contributed by atoms with van der Waals surface area (Å²) < 4.78 is 13.9. The Morgan fingerprint density at radius 1 is 0.571 bits per heavy atom. The van der Waals surface area contributed by atoms with Crippen molar-refractivity contribution < 1.29 is 4.57 Å². The largest absolute Gasteiger partial charge is 0.399 e. The van der Waals surface area contributed by atoms with Gasteiger partial charge in [0.2, 0.25) is 0 Å². The summed E-state index contributed by atoms with van der Waals surface area (Å²) in [5.41, 5.74) is 6.43. The summed E-state index contributed by atoms with van der Waals surface area (Å²) in [6.45, 7) is 0. The van der Waals surface area contributed by atoms with Crippen LogP contribution in [-0.4, -0.2) is 0 Å². The second-order valence-corrected chi connectivity index (χ2v) is 7.64. The highest BCUT2D eigenvalue weighted by atomic mass is 31.2. The predicted molar refractivity (Wildman–Crippen MR) is 90.2 cm³/mol. The Labute approximate surface area is 124 Å². The van der Waals surface area contributed by atoms with Crippen LogP contribution in [0.5, 0.6) is 0 Å². The third-order valence-electron chi connectivity index (χ3n) is 3.50. The molecule has 0 aliphatic heterocycles. The minimum atomic E-state index is -2.85. The third kappa shape index (κ3) is 2.51. The number of benzene rings is 3. The highest BCUT2D eigenvalue weighted by Crippen LogP contribution is 2.42. The van der Waals surface area contributed by atoms with Gasteiger partial charge in [0, 0.05) is 21.6 Å². The molecule has 0 saturated heterocycles. The summed E-state index contributed by atoms with van der Waals surface area (Å²) in [5, 5.41) is 2.47. The van der Waals surface area contributed by atoms with Crippen molar-refractivity contribution in [2.45, 2.75) is 0 Å². The topological polar surface area (TPSA) is 43.1 Å². The monoisotopic (exact) mass is 293 g/mol. The minimum Gasteiger partial charge on any atom is -0.399 e. The fourth-order valence-corrected chi connectivity index (χ4v) is 5.05. The maximum Gasteiger partial charge on any atom is 0.171 e. The SMILES string of the molecule is Nc1ccc(P(=O)(c2ccccc2)c2ccccc2)cc1. The van der Waals surface area contributed by atoms with Crippen molar-refractivity contribution in [2.24, 2.45) is 0 Å². The molecule has 3 aromatic carbocycles. The van der Waals surface area contributed by atoms with Gasteiger partial charge in [-0.15, -0.1) is 0 Å². The van der Waals surface area contributed by atoms with Crippen LogP contribution in [-0.2, 0) is 4.57 Å². The van der Waals surface area contributed by atoms with E-state index in [0.717, 1.165) is 15.9 Å². The third-order valence-corrected chi connectivity index (χ3v) is 6.57. The van der Waals surface area contributed by atoms with Crippen LogP contribution in [0.4, 0.5) is 5.69 Å². The molecule has 0 saturated carbocycles. The average molecular weight is 293 g/mol. The Morgan fingerprint density at radius 2 is 0.952 bits per heavy atom. The van der Waals surface area contributed by atoms with Gasteiger partial charge in [-0.05, 0) is 24.3 Å². The van der Waals surface area contributed by atoms with E-state index >= 15 is 0 Å². The quantitative estimate of drug-likeness (QED) is 0.596. The molecule has 3 rings (SSSR count). The molecule has 0 bridgehead atoms. The number of hydrogen-bond donors (Lipinski definition) is 1. The van der Waals surface area contributed by atoms with Gasteiger partial charge in [0.25, 0.3) is 0 Å². The zero-order chi connectivity index (χ0) is 14.7. The first kappa shape index (κ1) is 13.7. The molecule has 3 aromatic rings. The fraction of sp³-hybridized carbons (Fsp3) is 0. The van der Waals surface area contributed by atoms with Crippen LogP contribution in [0.2, 0.25) is 0 Å². The highest BCUT2D eigenvalue weighted by Gasteiger charge is 2.29. The first-order chi connectivity index (χ1) is 10.2. The van der Waals surface area contributed by atoms with Crippen molar-refractivity contribution in [3.63, 3.8) is 0 Å². The molecule has 3 heteroatoms. The second kappa shape index (κ2) is 5.59. The molecular formula is C18H16NOP. The molecular weight excluding hydrogens is 277 g/mol. The highest BCUT2D eigenvalue weighted by molar-refractivity contribution is 7.85. The van der Waals surface area contributed by atoms with Crippen molar-refractivity contribution in [3.8, 4) is 0 Å². The van der Waals surface area contributed by atoms with Gasteiger partial charge in [-0.25, -0.2) is 0 Å². The molecule has 0 atom stereocenters. The lowest BCUT2D eigenvalue weighted by Crippen LogP contribution is -2.24.